The summed E-state index contributed by atoms with van der Waals surface area (Å²) < 4.78 is 53.3. The molecule has 57 heavy (non-hydrogen) atoms. The van der Waals surface area contributed by atoms with Crippen LogP contribution in [0.3, 0.4) is 0 Å². The number of pyridine rings is 3. The van der Waals surface area contributed by atoms with E-state index in [-0.39, 0.29) is 29.7 Å². The third-order valence-electron chi connectivity index (χ3n) is 9.35. The molecule has 0 aliphatic carbocycles. The Balaban J connectivity index is 1.33. The molecule has 6 rings (SSSR count). The predicted molar refractivity (Wildman–Crippen MR) is 218 cm³/mol. The van der Waals surface area contributed by atoms with Crippen molar-refractivity contribution in [2.75, 3.05) is 23.8 Å². The summed E-state index contributed by atoms with van der Waals surface area (Å²) in [6.07, 6.45) is -2.18. The van der Waals surface area contributed by atoms with Crippen LogP contribution < -0.4 is 25.7 Å². The Morgan fingerprint density at radius 1 is 0.737 bits per heavy atom. The van der Waals surface area contributed by atoms with Crippen molar-refractivity contribution in [3.8, 4) is 28.3 Å². The highest BCUT2D eigenvalue weighted by molar-refractivity contribution is 6.99. The number of aromatic nitrogens is 3. The van der Waals surface area contributed by atoms with E-state index in [9.17, 15) is 22.8 Å². The number of aryl methyl sites for hydroxylation is 1. The van der Waals surface area contributed by atoms with Crippen LogP contribution in [0.1, 0.15) is 49.3 Å². The monoisotopic (exact) mass is 789 g/mol. The number of carbonyl (C=O) groups excluding carboxylic acids is 2. The summed E-state index contributed by atoms with van der Waals surface area (Å²) in [5.74, 6) is -0.349. The smallest absolute Gasteiger partial charge is 0.433 e. The third kappa shape index (κ3) is 9.44. The Morgan fingerprint density at radius 2 is 1.40 bits per heavy atom. The summed E-state index contributed by atoms with van der Waals surface area (Å²) in [5.41, 5.74) is 2.45. The van der Waals surface area contributed by atoms with E-state index in [0.29, 0.717) is 45.8 Å². The number of amides is 2. The van der Waals surface area contributed by atoms with Crippen molar-refractivity contribution >= 4 is 42.0 Å². The summed E-state index contributed by atoms with van der Waals surface area (Å²) in [5, 5.41) is 7.47. The Morgan fingerprint density at radius 3 is 2.04 bits per heavy atom. The molecule has 3 aromatic heterocycles. The summed E-state index contributed by atoms with van der Waals surface area (Å²) in [4.78, 5) is 37.4. The predicted octanol–water partition coefficient (Wildman–Crippen LogP) is 8.70. The van der Waals surface area contributed by atoms with E-state index in [1.165, 1.54) is 13.0 Å². The fourth-order valence-electron chi connectivity index (χ4n) is 6.76. The molecule has 0 bridgehead atoms. The number of anilines is 2. The van der Waals surface area contributed by atoms with Crippen LogP contribution >= 0.6 is 0 Å². The molecule has 0 fully saturated rings. The molecule has 13 heteroatoms. The van der Waals surface area contributed by atoms with Gasteiger partial charge in [-0.05, 0) is 81.5 Å². The average molecular weight is 790 g/mol. The molecule has 0 unspecified atom stereocenters. The van der Waals surface area contributed by atoms with Crippen LogP contribution in [-0.4, -0.2) is 48.3 Å². The fraction of sp³-hybridized carbons (Fsp3) is 0.205. The molecule has 0 atom stereocenters. The molecule has 0 aliphatic rings. The second-order valence-electron chi connectivity index (χ2n) is 14.5. The molecule has 3 heterocycles. The van der Waals surface area contributed by atoms with Gasteiger partial charge in [-0.15, -0.1) is 0 Å². The molecular formula is C44H42F3N5O4Si. The van der Waals surface area contributed by atoms with E-state index < -0.39 is 26.1 Å². The van der Waals surface area contributed by atoms with Crippen molar-refractivity contribution < 1.29 is 31.9 Å². The SMILES string of the molecule is CC(=O)Nc1cc(-c2cc(-c3cc(NC(=O)c4ccnc(C(F)(F)F)c4)ccc3C)cc(OCCO[Si](c3ccccc3)(c3ccccc3)C(C)(C)C)n2)ccn1. The van der Waals surface area contributed by atoms with Crippen LogP contribution in [-0.2, 0) is 15.4 Å². The van der Waals surface area contributed by atoms with Crippen LogP contribution in [0, 0.1) is 6.92 Å². The van der Waals surface area contributed by atoms with Crippen molar-refractivity contribution in [3.63, 3.8) is 0 Å². The molecule has 0 saturated heterocycles. The van der Waals surface area contributed by atoms with Crippen molar-refractivity contribution in [3.05, 3.63) is 144 Å². The highest BCUT2D eigenvalue weighted by Crippen LogP contribution is 2.37. The highest BCUT2D eigenvalue weighted by Gasteiger charge is 2.50. The van der Waals surface area contributed by atoms with Crippen molar-refractivity contribution in [1.82, 2.24) is 15.0 Å². The van der Waals surface area contributed by atoms with E-state index in [1.807, 2.05) is 49.4 Å². The molecule has 2 amide bonds. The standard InChI is InChI=1S/C44H42F3N5O4Si/c1-29-16-17-34(51-42(54)32-19-20-48-39(25-32)44(45,46)47)28-37(29)33-24-38(31-18-21-49-40(26-31)50-30(2)53)52-41(27-33)55-22-23-56-57(43(3,4)5,35-12-8-6-9-13-35)36-14-10-7-11-15-36/h6-21,24-28H,22-23H2,1-5H3,(H,51,54)(H,49,50,53). The number of nitrogens with zero attached hydrogens (tertiary/aromatic N) is 3. The number of alkyl halides is 3. The summed E-state index contributed by atoms with van der Waals surface area (Å²) in [6.45, 7) is 10.4. The van der Waals surface area contributed by atoms with Crippen LogP contribution in [0.2, 0.25) is 5.04 Å². The maximum Gasteiger partial charge on any atom is 0.433 e. The zero-order chi connectivity index (χ0) is 40.8. The van der Waals surface area contributed by atoms with Gasteiger partial charge in [-0.1, -0.05) is 87.5 Å². The molecule has 0 aliphatic heterocycles. The van der Waals surface area contributed by atoms with Gasteiger partial charge < -0.3 is 19.8 Å². The van der Waals surface area contributed by atoms with Gasteiger partial charge in [-0.3, -0.25) is 14.6 Å². The first-order chi connectivity index (χ1) is 27.1. The molecule has 292 valence electrons. The zero-order valence-electron chi connectivity index (χ0n) is 32.1. The number of halogens is 3. The third-order valence-corrected chi connectivity index (χ3v) is 14.4. The molecule has 0 radical (unpaired) electrons. The Bertz CT molecular complexity index is 2330. The topological polar surface area (TPSA) is 115 Å². The minimum atomic E-state index is -4.70. The summed E-state index contributed by atoms with van der Waals surface area (Å²) in [7, 11) is -2.83. The number of rotatable bonds is 12. The van der Waals surface area contributed by atoms with Gasteiger partial charge in [0.25, 0.3) is 14.2 Å². The van der Waals surface area contributed by atoms with Gasteiger partial charge in [-0.2, -0.15) is 13.2 Å². The fourth-order valence-corrected chi connectivity index (χ4v) is 11.3. The number of hydrogen-bond acceptors (Lipinski definition) is 7. The Kier molecular flexibility index (Phi) is 12.0. The lowest BCUT2D eigenvalue weighted by Crippen LogP contribution is -2.66. The minimum absolute atomic E-state index is 0.175. The van der Waals surface area contributed by atoms with Crippen LogP contribution in [0.4, 0.5) is 24.7 Å². The first kappa shape index (κ1) is 40.5. The second-order valence-corrected chi connectivity index (χ2v) is 18.8. The first-order valence-corrected chi connectivity index (χ1v) is 20.1. The number of ether oxygens (including phenoxy) is 1. The van der Waals surface area contributed by atoms with E-state index in [1.54, 1.807) is 42.6 Å². The van der Waals surface area contributed by atoms with Gasteiger partial charge >= 0.3 is 6.18 Å². The van der Waals surface area contributed by atoms with Crippen LogP contribution in [0.25, 0.3) is 22.4 Å². The average Bonchev–Trinajstić information content (AvgIpc) is 3.18. The Labute approximate surface area is 330 Å². The van der Waals surface area contributed by atoms with Gasteiger partial charge in [0.2, 0.25) is 11.8 Å². The van der Waals surface area contributed by atoms with Gasteiger partial charge in [0.1, 0.15) is 18.1 Å². The lowest BCUT2D eigenvalue weighted by molar-refractivity contribution is -0.141. The van der Waals surface area contributed by atoms with Crippen LogP contribution in [0.15, 0.2) is 128 Å². The minimum Gasteiger partial charge on any atom is -0.475 e. The first-order valence-electron chi connectivity index (χ1n) is 18.2. The quantitative estimate of drug-likeness (QED) is 0.0942. The molecule has 0 saturated carbocycles. The zero-order valence-corrected chi connectivity index (χ0v) is 33.1. The van der Waals surface area contributed by atoms with Crippen LogP contribution in [0.5, 0.6) is 5.88 Å². The largest absolute Gasteiger partial charge is 0.475 e. The van der Waals surface area contributed by atoms with E-state index >= 15 is 0 Å². The van der Waals surface area contributed by atoms with Crippen molar-refractivity contribution in [2.24, 2.45) is 0 Å². The number of carbonyl (C=O) groups is 2. The van der Waals surface area contributed by atoms with E-state index in [4.69, 9.17) is 14.1 Å². The van der Waals surface area contributed by atoms with Crippen molar-refractivity contribution in [2.45, 2.75) is 45.8 Å². The van der Waals surface area contributed by atoms with Gasteiger partial charge in [0.15, 0.2) is 0 Å². The summed E-state index contributed by atoms with van der Waals surface area (Å²) >= 11 is 0. The second kappa shape index (κ2) is 16.9. The summed E-state index contributed by atoms with van der Waals surface area (Å²) in [6, 6.07) is 34.9. The van der Waals surface area contributed by atoms with Crippen molar-refractivity contribution in [1.29, 1.82) is 0 Å². The lowest BCUT2D eigenvalue weighted by Gasteiger charge is -2.43. The normalized spacial score (nSPS) is 11.9. The number of nitrogens with one attached hydrogen (secondary N) is 2. The molecule has 6 aromatic rings. The van der Waals surface area contributed by atoms with Gasteiger partial charge in [0.05, 0.1) is 12.3 Å². The van der Waals surface area contributed by atoms with Gasteiger partial charge in [0, 0.05) is 42.2 Å². The number of benzene rings is 3. The van der Waals surface area contributed by atoms with Gasteiger partial charge in [-0.25, -0.2) is 9.97 Å². The maximum atomic E-state index is 13.3. The van der Waals surface area contributed by atoms with E-state index in [2.05, 4.69) is 65.6 Å². The molecule has 0 spiro atoms. The molecular weight excluding hydrogens is 748 g/mol. The maximum absolute atomic E-state index is 13.3. The number of hydrogen-bond donors (Lipinski definition) is 2. The van der Waals surface area contributed by atoms with E-state index in [0.717, 1.165) is 22.1 Å². The molecule has 3 aromatic carbocycles. The molecule has 2 N–H and O–H groups in total. The lowest BCUT2D eigenvalue weighted by atomic mass is 9.98. The Hall–Kier alpha value is -6.18. The molecule has 9 nitrogen and oxygen atoms in total. The highest BCUT2D eigenvalue weighted by atomic mass is 28.4.